The van der Waals surface area contributed by atoms with Crippen molar-refractivity contribution in [2.75, 3.05) is 6.54 Å². The first-order valence-electron chi connectivity index (χ1n) is 10.6. The lowest BCUT2D eigenvalue weighted by Gasteiger charge is -2.52. The van der Waals surface area contributed by atoms with Gasteiger partial charge in [-0.2, -0.15) is 0 Å². The average molecular weight is 420 g/mol. The zero-order valence-corrected chi connectivity index (χ0v) is 17.6. The third kappa shape index (κ3) is 3.34. The Morgan fingerprint density at radius 2 is 1.87 bits per heavy atom. The van der Waals surface area contributed by atoms with Gasteiger partial charge >= 0.3 is 0 Å². The van der Waals surface area contributed by atoms with Crippen LogP contribution < -0.4 is 0 Å². The Balaban J connectivity index is 1.42. The molecule has 6 heteroatoms. The van der Waals surface area contributed by atoms with E-state index in [1.165, 1.54) is 11.3 Å². The molecule has 3 atom stereocenters. The van der Waals surface area contributed by atoms with Crippen molar-refractivity contribution in [3.63, 3.8) is 0 Å². The number of carbonyl (C=O) groups excluding carboxylic acids is 1. The van der Waals surface area contributed by atoms with Gasteiger partial charge in [-0.05, 0) is 37.0 Å². The Kier molecular flexibility index (Phi) is 5.13. The Bertz CT molecular complexity index is 1020. The molecule has 5 nitrogen and oxygen atoms in total. The molecule has 0 bridgehead atoms. The fourth-order valence-electron chi connectivity index (χ4n) is 5.17. The third-order valence-electron chi connectivity index (χ3n) is 6.66. The molecule has 0 spiro atoms. The summed E-state index contributed by atoms with van der Waals surface area (Å²) in [7, 11) is 0. The molecule has 1 amide bonds. The topological polar surface area (TPSA) is 66.3 Å². The van der Waals surface area contributed by atoms with E-state index in [4.69, 9.17) is 0 Å². The molecule has 2 aliphatic rings. The van der Waals surface area contributed by atoms with Crippen molar-refractivity contribution in [3.8, 4) is 10.6 Å². The Hall–Kier alpha value is -2.57. The second-order valence-corrected chi connectivity index (χ2v) is 9.13. The molecule has 30 heavy (non-hydrogen) atoms. The van der Waals surface area contributed by atoms with Gasteiger partial charge in [-0.1, -0.05) is 43.2 Å². The first-order chi connectivity index (χ1) is 14.7. The van der Waals surface area contributed by atoms with Crippen molar-refractivity contribution in [2.45, 2.75) is 43.7 Å². The van der Waals surface area contributed by atoms with Crippen LogP contribution in [0.25, 0.3) is 10.6 Å². The molecule has 2 aromatic heterocycles. The van der Waals surface area contributed by atoms with Crippen LogP contribution in [0.3, 0.4) is 0 Å². The molecule has 1 aromatic carbocycles. The number of piperidine rings is 1. The van der Waals surface area contributed by atoms with Gasteiger partial charge in [0.15, 0.2) is 0 Å². The first-order valence-corrected chi connectivity index (χ1v) is 11.5. The highest BCUT2D eigenvalue weighted by atomic mass is 32.1. The molecule has 1 aliphatic heterocycles. The lowest BCUT2D eigenvalue weighted by molar-refractivity contribution is -0.110. The van der Waals surface area contributed by atoms with Gasteiger partial charge in [-0.25, -0.2) is 4.98 Å². The fraction of sp³-hybridized carbons (Fsp3) is 0.375. The van der Waals surface area contributed by atoms with E-state index in [0.717, 1.165) is 41.8 Å². The lowest BCUT2D eigenvalue weighted by Crippen LogP contribution is -2.59. The minimum Gasteiger partial charge on any atom is -0.385 e. The maximum atomic E-state index is 13.4. The van der Waals surface area contributed by atoms with Gasteiger partial charge in [0, 0.05) is 41.8 Å². The number of aromatic nitrogens is 2. The maximum Gasteiger partial charge on any atom is 0.273 e. The number of amides is 1. The molecule has 0 unspecified atom stereocenters. The predicted molar refractivity (Wildman–Crippen MR) is 117 cm³/mol. The van der Waals surface area contributed by atoms with Crippen LogP contribution in [0.2, 0.25) is 0 Å². The van der Waals surface area contributed by atoms with Crippen molar-refractivity contribution < 1.29 is 9.90 Å². The molecule has 0 radical (unpaired) electrons. The van der Waals surface area contributed by atoms with Crippen molar-refractivity contribution in [3.05, 3.63) is 71.5 Å². The van der Waals surface area contributed by atoms with E-state index in [-0.39, 0.29) is 17.9 Å². The number of aliphatic hydroxyl groups is 1. The summed E-state index contributed by atoms with van der Waals surface area (Å²) in [5, 5.41) is 14.4. The number of hydrogen-bond donors (Lipinski definition) is 1. The van der Waals surface area contributed by atoms with Crippen LogP contribution in [0.1, 0.15) is 48.2 Å². The van der Waals surface area contributed by atoms with Gasteiger partial charge in [0.05, 0.1) is 5.60 Å². The molecule has 5 rings (SSSR count). The van der Waals surface area contributed by atoms with Crippen LogP contribution in [0, 0.1) is 5.92 Å². The van der Waals surface area contributed by atoms with E-state index in [1.54, 1.807) is 12.4 Å². The Labute approximate surface area is 180 Å². The van der Waals surface area contributed by atoms with Gasteiger partial charge in [0.2, 0.25) is 0 Å². The third-order valence-corrected chi connectivity index (χ3v) is 7.55. The Morgan fingerprint density at radius 3 is 2.67 bits per heavy atom. The van der Waals surface area contributed by atoms with E-state index in [9.17, 15) is 9.90 Å². The van der Waals surface area contributed by atoms with E-state index in [1.807, 2.05) is 52.7 Å². The van der Waals surface area contributed by atoms with Crippen LogP contribution in [-0.2, 0) is 5.60 Å². The zero-order chi connectivity index (χ0) is 20.6. The van der Waals surface area contributed by atoms with Crippen LogP contribution >= 0.6 is 11.3 Å². The normalized spacial score (nSPS) is 26.2. The number of pyridine rings is 1. The molecule has 154 valence electrons. The quantitative estimate of drug-likeness (QED) is 0.679. The average Bonchev–Trinajstić information content (AvgIpc) is 3.31. The summed E-state index contributed by atoms with van der Waals surface area (Å²) in [6.07, 6.45) is 8.10. The molecule has 1 N–H and O–H groups in total. The van der Waals surface area contributed by atoms with Crippen LogP contribution in [0.4, 0.5) is 0 Å². The minimum absolute atomic E-state index is 0.0152. The number of likely N-dealkylation sites (tertiary alicyclic amines) is 1. The first kappa shape index (κ1) is 19.4. The van der Waals surface area contributed by atoms with Crippen LogP contribution in [-0.4, -0.2) is 38.5 Å². The van der Waals surface area contributed by atoms with Crippen molar-refractivity contribution in [1.29, 1.82) is 0 Å². The summed E-state index contributed by atoms with van der Waals surface area (Å²) in [6, 6.07) is 13.9. The highest BCUT2D eigenvalue weighted by Crippen LogP contribution is 2.47. The van der Waals surface area contributed by atoms with Crippen LogP contribution in [0.5, 0.6) is 0 Å². The molecular formula is C24H25N3O2S. The highest BCUT2D eigenvalue weighted by Gasteiger charge is 2.50. The molecule has 1 saturated heterocycles. The number of benzene rings is 1. The summed E-state index contributed by atoms with van der Waals surface area (Å²) in [5.41, 5.74) is 1.58. The van der Waals surface area contributed by atoms with Gasteiger partial charge in [0.1, 0.15) is 10.7 Å². The predicted octanol–water partition coefficient (Wildman–Crippen LogP) is 4.50. The summed E-state index contributed by atoms with van der Waals surface area (Å²) < 4.78 is 0. The van der Waals surface area contributed by atoms with Gasteiger partial charge in [0.25, 0.3) is 5.91 Å². The molecule has 3 aromatic rings. The molecule has 3 heterocycles. The number of nitrogens with zero attached hydrogens (tertiary/aromatic N) is 3. The molecular weight excluding hydrogens is 394 g/mol. The standard InChI is InChI=1S/C24H25N3O2S/c28-23(20-16-30-22(26-20)17-10-13-25-14-11-17)27-15-12-24(29,18-6-2-1-3-7-18)19-8-4-5-9-21(19)27/h1-3,6-7,10-11,13-14,16,19,21,29H,4-5,8-9,12,15H2/t19-,21+,24-/m0/s1. The smallest absolute Gasteiger partial charge is 0.273 e. The van der Waals surface area contributed by atoms with E-state index >= 15 is 0 Å². The summed E-state index contributed by atoms with van der Waals surface area (Å²) in [6.45, 7) is 0.549. The fourth-order valence-corrected chi connectivity index (χ4v) is 5.97. The number of fused-ring (bicyclic) bond motifs is 1. The largest absolute Gasteiger partial charge is 0.385 e. The SMILES string of the molecule is O=C(c1csc(-c2ccncc2)n1)N1CC[C@](O)(c2ccccc2)[C@H]2CCCC[C@H]21. The van der Waals surface area contributed by atoms with E-state index < -0.39 is 5.60 Å². The number of thiazole rings is 1. The zero-order valence-electron chi connectivity index (χ0n) is 16.8. The maximum absolute atomic E-state index is 13.4. The number of rotatable bonds is 3. The van der Waals surface area contributed by atoms with Crippen molar-refractivity contribution >= 4 is 17.2 Å². The monoisotopic (exact) mass is 419 g/mol. The summed E-state index contributed by atoms with van der Waals surface area (Å²) in [4.78, 5) is 24.1. The van der Waals surface area contributed by atoms with E-state index in [2.05, 4.69) is 9.97 Å². The van der Waals surface area contributed by atoms with E-state index in [0.29, 0.717) is 18.7 Å². The van der Waals surface area contributed by atoms with Gasteiger partial charge < -0.3 is 10.0 Å². The second kappa shape index (κ2) is 7.93. The number of hydrogen-bond acceptors (Lipinski definition) is 5. The molecule has 1 aliphatic carbocycles. The highest BCUT2D eigenvalue weighted by molar-refractivity contribution is 7.13. The molecule has 2 fully saturated rings. The van der Waals surface area contributed by atoms with Crippen LogP contribution in [0.15, 0.2) is 60.2 Å². The summed E-state index contributed by atoms with van der Waals surface area (Å²) >= 11 is 1.49. The number of carbonyl (C=O) groups is 1. The minimum atomic E-state index is -0.868. The van der Waals surface area contributed by atoms with Crippen molar-refractivity contribution in [2.24, 2.45) is 5.92 Å². The second-order valence-electron chi connectivity index (χ2n) is 8.27. The van der Waals surface area contributed by atoms with Gasteiger partial charge in [-0.3, -0.25) is 9.78 Å². The lowest BCUT2D eigenvalue weighted by atomic mass is 9.66. The van der Waals surface area contributed by atoms with Crippen molar-refractivity contribution in [1.82, 2.24) is 14.9 Å². The van der Waals surface area contributed by atoms with Gasteiger partial charge in [-0.15, -0.1) is 11.3 Å². The summed E-state index contributed by atoms with van der Waals surface area (Å²) in [5.74, 6) is 0.0446. The Morgan fingerprint density at radius 1 is 1.10 bits per heavy atom. The molecule has 1 saturated carbocycles.